The van der Waals surface area contributed by atoms with Crippen molar-refractivity contribution in [1.82, 2.24) is 4.90 Å². The molecule has 2 fully saturated rings. The Kier molecular flexibility index (Phi) is 9.18. The number of carbonyl (C=O) groups is 3. The molecule has 0 bridgehead atoms. The molecule has 3 amide bonds. The van der Waals surface area contributed by atoms with Crippen LogP contribution in [0.2, 0.25) is 0 Å². The highest BCUT2D eigenvalue weighted by Crippen LogP contribution is 2.33. The van der Waals surface area contributed by atoms with E-state index in [4.69, 9.17) is 26.4 Å². The zero-order valence-corrected chi connectivity index (χ0v) is 25.2. The van der Waals surface area contributed by atoms with Gasteiger partial charge >= 0.3 is 0 Å². The molecule has 2 saturated heterocycles. The van der Waals surface area contributed by atoms with Gasteiger partial charge in [-0.25, -0.2) is 0 Å². The van der Waals surface area contributed by atoms with E-state index in [1.54, 1.807) is 35.2 Å². The average Bonchev–Trinajstić information content (AvgIpc) is 3.01. The summed E-state index contributed by atoms with van der Waals surface area (Å²) in [6.45, 7) is 8.04. The largest absolute Gasteiger partial charge is 0.490 e. The van der Waals surface area contributed by atoms with Crippen LogP contribution in [0.3, 0.4) is 0 Å². The lowest BCUT2D eigenvalue weighted by Crippen LogP contribution is -2.57. The van der Waals surface area contributed by atoms with E-state index in [9.17, 15) is 14.4 Å². The van der Waals surface area contributed by atoms with E-state index in [0.717, 1.165) is 11.1 Å². The number of ether oxygens (including phenoxy) is 3. The molecule has 2 heterocycles. The van der Waals surface area contributed by atoms with Gasteiger partial charge in [-0.1, -0.05) is 30.3 Å². The Morgan fingerprint density at radius 1 is 0.860 bits per heavy atom. The summed E-state index contributed by atoms with van der Waals surface area (Å²) >= 11 is 5.74. The van der Waals surface area contributed by atoms with Gasteiger partial charge in [0.15, 0.2) is 23.2 Å². The van der Waals surface area contributed by atoms with Crippen molar-refractivity contribution in [3.05, 3.63) is 89.0 Å². The highest BCUT2D eigenvalue weighted by molar-refractivity contribution is 7.81. The molecule has 43 heavy (non-hydrogen) atoms. The van der Waals surface area contributed by atoms with Crippen molar-refractivity contribution in [3.8, 4) is 11.5 Å². The zero-order valence-electron chi connectivity index (χ0n) is 24.4. The van der Waals surface area contributed by atoms with Crippen LogP contribution in [0, 0.1) is 13.8 Å². The number of benzene rings is 3. The summed E-state index contributed by atoms with van der Waals surface area (Å²) in [7, 11) is 0. The second-order valence-corrected chi connectivity index (χ2v) is 10.5. The topological polar surface area (TPSA) is 88.6 Å². The van der Waals surface area contributed by atoms with E-state index in [0.29, 0.717) is 61.3 Å². The lowest BCUT2D eigenvalue weighted by atomic mass is 10.0. The molecule has 10 heteroatoms. The van der Waals surface area contributed by atoms with Gasteiger partial charge in [0.05, 0.1) is 31.2 Å². The first kappa shape index (κ1) is 29.9. The van der Waals surface area contributed by atoms with Gasteiger partial charge in [-0.05, 0) is 92.2 Å². The number of morpholine rings is 1. The molecule has 9 nitrogen and oxygen atoms in total. The van der Waals surface area contributed by atoms with Gasteiger partial charge < -0.3 is 19.1 Å². The Morgan fingerprint density at radius 3 is 2.23 bits per heavy atom. The molecule has 3 aromatic rings. The molecule has 2 aliphatic rings. The monoisotopic (exact) mass is 599 g/mol. The predicted octanol–water partition coefficient (Wildman–Crippen LogP) is 4.69. The van der Waals surface area contributed by atoms with E-state index < -0.39 is 11.8 Å². The maximum atomic E-state index is 13.9. The number of hydrogen-bond donors (Lipinski definition) is 0. The Balaban J connectivity index is 1.49. The standard InChI is InChI=1S/C33H33N3O6S/c1-4-41-29-20-24(11-13-28(29)42-21-30(37)34-14-16-40-17-15-34)19-27-31(38)35(25-8-6-5-7-9-25)33(43)36(32(27)39)26-12-10-22(2)23(3)18-26/h5-13,18-20H,4,14-17,21H2,1-3H3/b27-19+. The van der Waals surface area contributed by atoms with Gasteiger partial charge in [0.1, 0.15) is 5.57 Å². The first-order valence-electron chi connectivity index (χ1n) is 14.1. The lowest BCUT2D eigenvalue weighted by molar-refractivity contribution is -0.137. The first-order valence-corrected chi connectivity index (χ1v) is 14.5. The van der Waals surface area contributed by atoms with Crippen LogP contribution in [0.25, 0.3) is 6.08 Å². The van der Waals surface area contributed by atoms with Gasteiger partial charge in [-0.2, -0.15) is 0 Å². The van der Waals surface area contributed by atoms with E-state index in [-0.39, 0.29) is 23.2 Å². The van der Waals surface area contributed by atoms with Crippen molar-refractivity contribution in [3.63, 3.8) is 0 Å². The van der Waals surface area contributed by atoms with E-state index in [1.165, 1.54) is 15.9 Å². The number of amides is 3. The van der Waals surface area contributed by atoms with E-state index >= 15 is 0 Å². The number of nitrogens with zero attached hydrogens (tertiary/aromatic N) is 3. The van der Waals surface area contributed by atoms with Crippen LogP contribution in [0.15, 0.2) is 72.3 Å². The molecule has 0 saturated carbocycles. The zero-order chi connectivity index (χ0) is 30.5. The summed E-state index contributed by atoms with van der Waals surface area (Å²) in [5, 5.41) is 0.0743. The fourth-order valence-electron chi connectivity index (χ4n) is 4.84. The molecular weight excluding hydrogens is 566 g/mol. The van der Waals surface area contributed by atoms with Crippen LogP contribution in [0.5, 0.6) is 11.5 Å². The number of thiocarbonyl (C=S) groups is 1. The molecule has 5 rings (SSSR count). The maximum Gasteiger partial charge on any atom is 0.270 e. The molecule has 0 N–H and O–H groups in total. The number of anilines is 2. The van der Waals surface area contributed by atoms with Gasteiger partial charge in [0.2, 0.25) is 0 Å². The van der Waals surface area contributed by atoms with Crippen LogP contribution >= 0.6 is 12.2 Å². The quantitative estimate of drug-likeness (QED) is 0.211. The third-order valence-corrected chi connectivity index (χ3v) is 7.67. The fourth-order valence-corrected chi connectivity index (χ4v) is 5.22. The molecule has 0 atom stereocenters. The SMILES string of the molecule is CCOc1cc(/C=C2\C(=O)N(c3ccccc3)C(=S)N(c3ccc(C)c(C)c3)C2=O)ccc1OCC(=O)N1CCOCC1. The van der Waals surface area contributed by atoms with Crippen LogP contribution in [0.4, 0.5) is 11.4 Å². The van der Waals surface area contributed by atoms with Crippen LogP contribution in [-0.4, -0.2) is 67.3 Å². The molecule has 0 aromatic heterocycles. The third-order valence-electron chi connectivity index (χ3n) is 7.31. The van der Waals surface area contributed by atoms with Crippen LogP contribution in [-0.2, 0) is 19.1 Å². The molecule has 0 spiro atoms. The van der Waals surface area contributed by atoms with Crippen molar-refractivity contribution >= 4 is 52.5 Å². The highest BCUT2D eigenvalue weighted by atomic mass is 32.1. The molecule has 222 valence electrons. The summed E-state index contributed by atoms with van der Waals surface area (Å²) in [5.41, 5.74) is 3.67. The minimum atomic E-state index is -0.532. The Bertz CT molecular complexity index is 1580. The Labute approximate surface area is 256 Å². The summed E-state index contributed by atoms with van der Waals surface area (Å²) in [5.74, 6) is -0.422. The smallest absolute Gasteiger partial charge is 0.270 e. The maximum absolute atomic E-state index is 13.9. The third kappa shape index (κ3) is 6.45. The van der Waals surface area contributed by atoms with Gasteiger partial charge in [0, 0.05) is 13.1 Å². The minimum absolute atomic E-state index is 0.0608. The van der Waals surface area contributed by atoms with E-state index in [1.807, 2.05) is 57.2 Å². The molecule has 0 aliphatic carbocycles. The second-order valence-electron chi connectivity index (χ2n) is 10.1. The van der Waals surface area contributed by atoms with Crippen molar-refractivity contribution in [2.24, 2.45) is 0 Å². The number of carbonyl (C=O) groups excluding carboxylic acids is 3. The first-order chi connectivity index (χ1) is 20.8. The molecule has 3 aromatic carbocycles. The van der Waals surface area contributed by atoms with Crippen LogP contribution in [0.1, 0.15) is 23.6 Å². The van der Waals surface area contributed by atoms with Crippen molar-refractivity contribution < 1.29 is 28.6 Å². The second kappa shape index (κ2) is 13.2. The van der Waals surface area contributed by atoms with Crippen molar-refractivity contribution in [2.45, 2.75) is 20.8 Å². The average molecular weight is 600 g/mol. The normalized spacial score (nSPS) is 16.6. The molecule has 0 radical (unpaired) electrons. The summed E-state index contributed by atoms with van der Waals surface area (Å²) in [4.78, 5) is 44.9. The van der Waals surface area contributed by atoms with Crippen molar-refractivity contribution in [2.75, 3.05) is 49.3 Å². The highest BCUT2D eigenvalue weighted by Gasteiger charge is 2.41. The predicted molar refractivity (Wildman–Crippen MR) is 168 cm³/mol. The number of hydrogen-bond acceptors (Lipinski definition) is 7. The summed E-state index contributed by atoms with van der Waals surface area (Å²) in [6.07, 6.45) is 1.53. The molecule has 2 aliphatic heterocycles. The van der Waals surface area contributed by atoms with Gasteiger partial charge in [-0.3, -0.25) is 24.2 Å². The lowest BCUT2D eigenvalue weighted by Gasteiger charge is -2.36. The number of para-hydroxylation sites is 1. The summed E-state index contributed by atoms with van der Waals surface area (Å²) < 4.78 is 17.0. The molecular formula is C33H33N3O6S. The molecule has 0 unspecified atom stereocenters. The van der Waals surface area contributed by atoms with Crippen LogP contribution < -0.4 is 19.3 Å². The van der Waals surface area contributed by atoms with Gasteiger partial charge in [0.25, 0.3) is 17.7 Å². The van der Waals surface area contributed by atoms with Crippen molar-refractivity contribution in [1.29, 1.82) is 0 Å². The van der Waals surface area contributed by atoms with E-state index in [2.05, 4.69) is 0 Å². The fraction of sp³-hybridized carbons (Fsp3) is 0.273. The number of rotatable bonds is 8. The van der Waals surface area contributed by atoms with Gasteiger partial charge in [-0.15, -0.1) is 0 Å². The number of aryl methyl sites for hydroxylation is 2. The minimum Gasteiger partial charge on any atom is -0.490 e. The Hall–Kier alpha value is -4.54. The Morgan fingerprint density at radius 2 is 1.56 bits per heavy atom. The summed E-state index contributed by atoms with van der Waals surface area (Å²) in [6, 6.07) is 19.7.